The zero-order chi connectivity index (χ0) is 15.7. The predicted molar refractivity (Wildman–Crippen MR) is 83.5 cm³/mol. The van der Waals surface area contributed by atoms with Gasteiger partial charge in [-0.05, 0) is 30.3 Å². The average molecular weight is 294 g/mol. The zero-order valence-corrected chi connectivity index (χ0v) is 11.9. The third-order valence-corrected chi connectivity index (χ3v) is 3.32. The highest BCUT2D eigenvalue weighted by atomic mass is 16.3. The van der Waals surface area contributed by atoms with Gasteiger partial charge in [-0.1, -0.05) is 12.1 Å². The van der Waals surface area contributed by atoms with Crippen LogP contribution in [0.2, 0.25) is 0 Å². The van der Waals surface area contributed by atoms with E-state index in [2.05, 4.69) is 10.1 Å². The van der Waals surface area contributed by atoms with E-state index in [-0.39, 0.29) is 0 Å². The second kappa shape index (κ2) is 5.33. The number of benzene rings is 2. The van der Waals surface area contributed by atoms with Crippen LogP contribution in [0.15, 0.2) is 52.0 Å². The predicted octanol–water partition coefficient (Wildman–Crippen LogP) is 1.95. The summed E-state index contributed by atoms with van der Waals surface area (Å²) in [5, 5.41) is 3.85. The largest absolute Gasteiger partial charge is 0.441 e. The van der Waals surface area contributed by atoms with E-state index in [0.29, 0.717) is 28.3 Å². The lowest BCUT2D eigenvalue weighted by atomic mass is 10.00. The smallest absolute Gasteiger partial charge is 0.248 e. The number of rotatable bonds is 3. The second-order valence-electron chi connectivity index (χ2n) is 4.84. The molecule has 22 heavy (non-hydrogen) atoms. The van der Waals surface area contributed by atoms with E-state index in [1.807, 2.05) is 24.3 Å². The molecule has 0 saturated heterocycles. The lowest BCUT2D eigenvalue weighted by molar-refractivity contribution is 0.100. The Labute approximate surface area is 126 Å². The van der Waals surface area contributed by atoms with Gasteiger partial charge in [0.2, 0.25) is 5.91 Å². The number of hydrazone groups is 1. The minimum absolute atomic E-state index is 0.400. The molecule has 1 aromatic heterocycles. The van der Waals surface area contributed by atoms with Crippen molar-refractivity contribution >= 4 is 22.7 Å². The summed E-state index contributed by atoms with van der Waals surface area (Å²) in [6, 6.07) is 12.4. The summed E-state index contributed by atoms with van der Waals surface area (Å²) in [6.45, 7) is 1.79. The van der Waals surface area contributed by atoms with Gasteiger partial charge >= 0.3 is 0 Å². The topological polar surface area (TPSA) is 107 Å². The number of nitrogens with two attached hydrogens (primary N) is 2. The van der Waals surface area contributed by atoms with Crippen LogP contribution in [0.5, 0.6) is 0 Å². The molecule has 0 spiro atoms. The molecular formula is C16H14N4O2. The maximum Gasteiger partial charge on any atom is 0.248 e. The van der Waals surface area contributed by atoms with E-state index >= 15 is 0 Å². The number of carbonyl (C=O) groups is 1. The van der Waals surface area contributed by atoms with Crippen molar-refractivity contribution in [2.45, 2.75) is 6.92 Å². The van der Waals surface area contributed by atoms with Crippen molar-refractivity contribution in [3.05, 3.63) is 65.0 Å². The molecule has 0 fully saturated rings. The third-order valence-electron chi connectivity index (χ3n) is 3.32. The fourth-order valence-electron chi connectivity index (χ4n) is 2.33. The van der Waals surface area contributed by atoms with Crippen LogP contribution in [0.1, 0.15) is 27.4 Å². The van der Waals surface area contributed by atoms with Crippen LogP contribution in [0.3, 0.4) is 0 Å². The molecule has 0 bridgehead atoms. The summed E-state index contributed by atoms with van der Waals surface area (Å²) < 4.78 is 5.45. The number of aromatic nitrogens is 1. The molecule has 6 heteroatoms. The molecule has 1 amide bonds. The van der Waals surface area contributed by atoms with Crippen molar-refractivity contribution in [2.75, 3.05) is 0 Å². The fraction of sp³-hybridized carbons (Fsp3) is 0.0625. The van der Waals surface area contributed by atoms with E-state index in [0.717, 1.165) is 11.1 Å². The molecule has 3 aromatic rings. The van der Waals surface area contributed by atoms with Gasteiger partial charge in [-0.2, -0.15) is 5.10 Å². The van der Waals surface area contributed by atoms with Crippen molar-refractivity contribution in [2.24, 2.45) is 16.7 Å². The van der Waals surface area contributed by atoms with Crippen LogP contribution in [-0.4, -0.2) is 16.6 Å². The summed E-state index contributed by atoms with van der Waals surface area (Å²) in [4.78, 5) is 15.6. The molecule has 0 atom stereocenters. The first kappa shape index (κ1) is 13.8. The first-order valence-corrected chi connectivity index (χ1v) is 6.64. The molecule has 0 aliphatic heterocycles. The van der Waals surface area contributed by atoms with Gasteiger partial charge in [0.05, 0.1) is 5.71 Å². The van der Waals surface area contributed by atoms with Gasteiger partial charge in [0.25, 0.3) is 0 Å². The van der Waals surface area contributed by atoms with Gasteiger partial charge in [0, 0.05) is 23.6 Å². The first-order valence-electron chi connectivity index (χ1n) is 6.64. The molecule has 2 aromatic carbocycles. The standard InChI is InChI=1S/C16H14N4O2/c1-9-19-13-8-11(5-6-14(13)22-9)15(20-18)10-3-2-4-12(7-10)16(17)21/h2-8H,18H2,1H3,(H2,17,21)/b20-15-. The molecule has 0 radical (unpaired) electrons. The van der Waals surface area contributed by atoms with Crippen molar-refractivity contribution in [1.82, 2.24) is 4.98 Å². The van der Waals surface area contributed by atoms with Crippen LogP contribution in [0, 0.1) is 6.92 Å². The van der Waals surface area contributed by atoms with Crippen molar-refractivity contribution in [1.29, 1.82) is 0 Å². The highest BCUT2D eigenvalue weighted by molar-refractivity contribution is 6.14. The van der Waals surface area contributed by atoms with Crippen molar-refractivity contribution < 1.29 is 9.21 Å². The van der Waals surface area contributed by atoms with Crippen LogP contribution in [0.4, 0.5) is 0 Å². The Bertz CT molecular complexity index is 896. The lowest BCUT2D eigenvalue weighted by Crippen LogP contribution is -2.13. The van der Waals surface area contributed by atoms with Gasteiger partial charge < -0.3 is 16.0 Å². The fourth-order valence-corrected chi connectivity index (χ4v) is 2.33. The molecule has 110 valence electrons. The van der Waals surface area contributed by atoms with Gasteiger partial charge in [0.15, 0.2) is 11.5 Å². The van der Waals surface area contributed by atoms with Crippen LogP contribution in [0.25, 0.3) is 11.1 Å². The molecule has 6 nitrogen and oxygen atoms in total. The normalized spacial score (nSPS) is 11.8. The van der Waals surface area contributed by atoms with E-state index < -0.39 is 5.91 Å². The van der Waals surface area contributed by atoms with Crippen LogP contribution >= 0.6 is 0 Å². The number of primary amides is 1. The number of oxazole rings is 1. The number of nitrogens with zero attached hydrogens (tertiary/aromatic N) is 2. The molecule has 0 unspecified atom stereocenters. The number of hydrogen-bond acceptors (Lipinski definition) is 5. The SMILES string of the molecule is Cc1nc2cc(/C(=N\N)c3cccc(C(N)=O)c3)ccc2o1. The summed E-state index contributed by atoms with van der Waals surface area (Å²) in [5.74, 6) is 5.63. The average Bonchev–Trinajstić information content (AvgIpc) is 2.87. The van der Waals surface area contributed by atoms with E-state index in [1.54, 1.807) is 25.1 Å². The third kappa shape index (κ3) is 2.42. The summed E-state index contributed by atoms with van der Waals surface area (Å²) in [5.41, 5.74) is 9.17. The minimum atomic E-state index is -0.499. The number of amides is 1. The van der Waals surface area contributed by atoms with E-state index in [9.17, 15) is 4.79 Å². The quantitative estimate of drug-likeness (QED) is 0.437. The molecule has 1 heterocycles. The highest BCUT2D eigenvalue weighted by Crippen LogP contribution is 2.19. The second-order valence-corrected chi connectivity index (χ2v) is 4.84. The molecule has 0 aliphatic rings. The Hall–Kier alpha value is -3.15. The Morgan fingerprint density at radius 3 is 2.59 bits per heavy atom. The molecule has 3 rings (SSSR count). The number of aryl methyl sites for hydroxylation is 1. The number of carbonyl (C=O) groups excluding carboxylic acids is 1. The van der Waals surface area contributed by atoms with Crippen LogP contribution < -0.4 is 11.6 Å². The van der Waals surface area contributed by atoms with Crippen molar-refractivity contribution in [3.63, 3.8) is 0 Å². The Morgan fingerprint density at radius 1 is 1.14 bits per heavy atom. The Kier molecular flexibility index (Phi) is 3.34. The van der Waals surface area contributed by atoms with E-state index in [4.69, 9.17) is 16.0 Å². The highest BCUT2D eigenvalue weighted by Gasteiger charge is 2.12. The molecule has 0 saturated carbocycles. The summed E-state index contributed by atoms with van der Waals surface area (Å²) in [6.07, 6.45) is 0. The molecule has 4 N–H and O–H groups in total. The molecule has 0 aliphatic carbocycles. The zero-order valence-electron chi connectivity index (χ0n) is 11.9. The Balaban J connectivity index is 2.09. The number of hydrogen-bond donors (Lipinski definition) is 2. The lowest BCUT2D eigenvalue weighted by Gasteiger charge is -2.07. The van der Waals surface area contributed by atoms with Gasteiger partial charge in [-0.3, -0.25) is 4.79 Å². The van der Waals surface area contributed by atoms with Crippen molar-refractivity contribution in [3.8, 4) is 0 Å². The molecular weight excluding hydrogens is 280 g/mol. The monoisotopic (exact) mass is 294 g/mol. The van der Waals surface area contributed by atoms with E-state index in [1.165, 1.54) is 0 Å². The number of fused-ring (bicyclic) bond motifs is 1. The van der Waals surface area contributed by atoms with Gasteiger partial charge in [0.1, 0.15) is 5.52 Å². The first-order chi connectivity index (χ1) is 10.6. The van der Waals surface area contributed by atoms with Crippen LogP contribution in [-0.2, 0) is 0 Å². The maximum atomic E-state index is 11.3. The Morgan fingerprint density at radius 2 is 1.86 bits per heavy atom. The van der Waals surface area contributed by atoms with Gasteiger partial charge in [-0.15, -0.1) is 0 Å². The minimum Gasteiger partial charge on any atom is -0.441 e. The van der Waals surface area contributed by atoms with Gasteiger partial charge in [-0.25, -0.2) is 4.98 Å². The summed E-state index contributed by atoms with van der Waals surface area (Å²) >= 11 is 0. The maximum absolute atomic E-state index is 11.3. The summed E-state index contributed by atoms with van der Waals surface area (Å²) in [7, 11) is 0.